The number of amides is 3. The van der Waals surface area contributed by atoms with Crippen molar-refractivity contribution >= 4 is 29.7 Å². The van der Waals surface area contributed by atoms with Gasteiger partial charge in [0.05, 0.1) is 25.5 Å². The van der Waals surface area contributed by atoms with Crippen molar-refractivity contribution in [2.45, 2.75) is 32.7 Å². The summed E-state index contributed by atoms with van der Waals surface area (Å²) in [7, 11) is 1.76. The number of anilines is 3. The zero-order valence-corrected chi connectivity index (χ0v) is 18.6. The van der Waals surface area contributed by atoms with Crippen LogP contribution in [0.4, 0.5) is 27.2 Å². The number of piperidine rings is 1. The van der Waals surface area contributed by atoms with Crippen LogP contribution in [-0.2, 0) is 4.74 Å². The van der Waals surface area contributed by atoms with E-state index in [0.717, 1.165) is 19.4 Å². The third kappa shape index (κ3) is 6.19. The quantitative estimate of drug-likeness (QED) is 0.670. The van der Waals surface area contributed by atoms with Gasteiger partial charge in [0.25, 0.3) is 0 Å². The average molecular weight is 444 g/mol. The summed E-state index contributed by atoms with van der Waals surface area (Å²) in [5.74, 6) is 1.97. The first-order valence-corrected chi connectivity index (χ1v) is 10.6. The molecule has 0 bridgehead atoms. The van der Waals surface area contributed by atoms with Gasteiger partial charge < -0.3 is 19.3 Å². The van der Waals surface area contributed by atoms with E-state index in [1.165, 1.54) is 0 Å². The molecule has 0 radical (unpaired) electrons. The van der Waals surface area contributed by atoms with Crippen molar-refractivity contribution in [3.05, 3.63) is 30.6 Å². The molecule has 3 amide bonds. The fraction of sp³-hybridized carbons (Fsp3) is 0.476. The van der Waals surface area contributed by atoms with Crippen LogP contribution in [0.15, 0.2) is 30.6 Å². The van der Waals surface area contributed by atoms with Gasteiger partial charge >= 0.3 is 12.1 Å². The lowest BCUT2D eigenvalue weighted by atomic mass is 10.1. The van der Waals surface area contributed by atoms with Crippen molar-refractivity contribution in [1.82, 2.24) is 19.9 Å². The number of nitrogens with zero attached hydrogens (tertiary/aromatic N) is 5. The molecule has 11 heteroatoms. The van der Waals surface area contributed by atoms with Crippen molar-refractivity contribution in [3.63, 3.8) is 0 Å². The molecule has 0 spiro atoms. The van der Waals surface area contributed by atoms with Gasteiger partial charge in [-0.25, -0.2) is 19.6 Å². The number of hydrogen-bond donors (Lipinski definition) is 2. The Bertz CT molecular complexity index is 909. The van der Waals surface area contributed by atoms with Gasteiger partial charge in [0.2, 0.25) is 5.95 Å². The maximum atomic E-state index is 12.7. The van der Waals surface area contributed by atoms with Crippen molar-refractivity contribution in [2.75, 3.05) is 48.9 Å². The second-order valence-corrected chi connectivity index (χ2v) is 7.18. The van der Waals surface area contributed by atoms with E-state index in [2.05, 4.69) is 25.6 Å². The molecule has 172 valence electrons. The predicted octanol–water partition coefficient (Wildman–Crippen LogP) is 2.97. The third-order valence-corrected chi connectivity index (χ3v) is 4.98. The Labute approximate surface area is 187 Å². The van der Waals surface area contributed by atoms with Crippen LogP contribution < -0.4 is 20.3 Å². The minimum Gasteiger partial charge on any atom is -0.492 e. The molecule has 0 unspecified atom stereocenters. The normalized spacial score (nSPS) is 15.6. The number of urea groups is 1. The number of ether oxygens (including phenoxy) is 2. The van der Waals surface area contributed by atoms with Crippen LogP contribution in [-0.4, -0.2) is 71.4 Å². The van der Waals surface area contributed by atoms with Crippen LogP contribution in [0.3, 0.4) is 0 Å². The molecule has 3 heterocycles. The number of aromatic nitrogens is 3. The summed E-state index contributed by atoms with van der Waals surface area (Å²) < 4.78 is 10.3. The van der Waals surface area contributed by atoms with Crippen LogP contribution >= 0.6 is 0 Å². The van der Waals surface area contributed by atoms with E-state index in [-0.39, 0.29) is 18.7 Å². The standard InChI is InChI=1S/C21H29N7O4/c1-4-31-16-8-9-17(23-13-16)25-20(29)27(3)15-7-6-12-28(14-15)19-22-11-10-18(24-19)26-21(30)32-5-2/h8-11,13,15H,4-7,12,14H2,1-3H3,(H,23,25,29)(H,22,24,26,30)/t15-/m1/s1. The lowest BCUT2D eigenvalue weighted by Gasteiger charge is -2.37. The van der Waals surface area contributed by atoms with Gasteiger partial charge in [0.1, 0.15) is 17.4 Å². The van der Waals surface area contributed by atoms with E-state index in [9.17, 15) is 9.59 Å². The van der Waals surface area contributed by atoms with E-state index >= 15 is 0 Å². The Morgan fingerprint density at radius 1 is 1.16 bits per heavy atom. The molecule has 1 atom stereocenters. The topological polar surface area (TPSA) is 122 Å². The molecule has 32 heavy (non-hydrogen) atoms. The molecule has 1 aliphatic rings. The first kappa shape index (κ1) is 23.0. The van der Waals surface area contributed by atoms with Crippen molar-refractivity contribution in [1.29, 1.82) is 0 Å². The Hall–Kier alpha value is -3.63. The number of hydrogen-bond acceptors (Lipinski definition) is 8. The SMILES string of the molecule is CCOC(=O)Nc1ccnc(N2CCC[C@@H](N(C)C(=O)Nc3ccc(OCC)cn3)C2)n1. The molecule has 2 aromatic rings. The summed E-state index contributed by atoms with van der Waals surface area (Å²) in [6, 6.07) is 4.80. The van der Waals surface area contributed by atoms with E-state index in [1.54, 1.807) is 49.5 Å². The highest BCUT2D eigenvalue weighted by molar-refractivity contribution is 5.88. The molecule has 2 N–H and O–H groups in total. The summed E-state index contributed by atoms with van der Waals surface area (Å²) in [5, 5.41) is 5.40. The van der Waals surface area contributed by atoms with Crippen LogP contribution in [0.2, 0.25) is 0 Å². The van der Waals surface area contributed by atoms with Gasteiger partial charge in [-0.2, -0.15) is 4.98 Å². The van der Waals surface area contributed by atoms with E-state index in [4.69, 9.17) is 9.47 Å². The minimum atomic E-state index is -0.562. The highest BCUT2D eigenvalue weighted by Gasteiger charge is 2.27. The van der Waals surface area contributed by atoms with Crippen molar-refractivity contribution < 1.29 is 19.1 Å². The lowest BCUT2D eigenvalue weighted by molar-refractivity contribution is 0.168. The maximum Gasteiger partial charge on any atom is 0.412 e. The fourth-order valence-corrected chi connectivity index (χ4v) is 3.36. The van der Waals surface area contributed by atoms with Gasteiger partial charge in [-0.15, -0.1) is 0 Å². The molecule has 0 aliphatic carbocycles. The van der Waals surface area contributed by atoms with Gasteiger partial charge in [-0.3, -0.25) is 10.6 Å². The predicted molar refractivity (Wildman–Crippen MR) is 120 cm³/mol. The highest BCUT2D eigenvalue weighted by Crippen LogP contribution is 2.21. The van der Waals surface area contributed by atoms with E-state index in [0.29, 0.717) is 36.5 Å². The van der Waals surface area contributed by atoms with Gasteiger partial charge in [0.15, 0.2) is 0 Å². The zero-order chi connectivity index (χ0) is 22.9. The zero-order valence-electron chi connectivity index (χ0n) is 18.6. The number of rotatable bonds is 7. The monoisotopic (exact) mass is 443 g/mol. The fourth-order valence-electron chi connectivity index (χ4n) is 3.36. The first-order valence-electron chi connectivity index (χ1n) is 10.6. The third-order valence-electron chi connectivity index (χ3n) is 4.98. The maximum absolute atomic E-state index is 12.7. The number of nitrogens with one attached hydrogen (secondary N) is 2. The Morgan fingerprint density at radius 2 is 2.00 bits per heavy atom. The smallest absolute Gasteiger partial charge is 0.412 e. The Morgan fingerprint density at radius 3 is 2.72 bits per heavy atom. The summed E-state index contributed by atoms with van der Waals surface area (Å²) >= 11 is 0. The molecule has 2 aromatic heterocycles. The number of pyridine rings is 1. The molecule has 3 rings (SSSR count). The van der Waals surface area contributed by atoms with Crippen LogP contribution in [0.5, 0.6) is 5.75 Å². The van der Waals surface area contributed by atoms with Gasteiger partial charge in [-0.1, -0.05) is 0 Å². The summed E-state index contributed by atoms with van der Waals surface area (Å²) in [4.78, 5) is 41.0. The molecular formula is C21H29N7O4. The van der Waals surface area contributed by atoms with E-state index in [1.807, 2.05) is 11.8 Å². The van der Waals surface area contributed by atoms with Crippen LogP contribution in [0, 0.1) is 0 Å². The first-order chi connectivity index (χ1) is 15.5. The van der Waals surface area contributed by atoms with E-state index < -0.39 is 6.09 Å². The summed E-state index contributed by atoms with van der Waals surface area (Å²) in [6.45, 7) is 5.80. The molecule has 1 saturated heterocycles. The van der Waals surface area contributed by atoms with Crippen LogP contribution in [0.25, 0.3) is 0 Å². The lowest BCUT2D eigenvalue weighted by Crippen LogP contribution is -2.50. The number of carbonyl (C=O) groups excluding carboxylic acids is 2. The minimum absolute atomic E-state index is 0.0308. The Balaban J connectivity index is 1.60. The molecule has 0 aromatic carbocycles. The molecule has 11 nitrogen and oxygen atoms in total. The largest absolute Gasteiger partial charge is 0.492 e. The van der Waals surface area contributed by atoms with Gasteiger partial charge in [0, 0.05) is 26.3 Å². The second-order valence-electron chi connectivity index (χ2n) is 7.18. The Kier molecular flexibility index (Phi) is 8.01. The van der Waals surface area contributed by atoms with Crippen molar-refractivity contribution in [3.8, 4) is 5.75 Å². The average Bonchev–Trinajstić information content (AvgIpc) is 2.80. The molecule has 1 aliphatic heterocycles. The number of likely N-dealkylation sites (N-methyl/N-ethyl adjacent to an activating group) is 1. The van der Waals surface area contributed by atoms with Crippen LogP contribution in [0.1, 0.15) is 26.7 Å². The molecule has 0 saturated carbocycles. The highest BCUT2D eigenvalue weighted by atomic mass is 16.5. The molecular weight excluding hydrogens is 414 g/mol. The number of carbonyl (C=O) groups is 2. The summed E-state index contributed by atoms with van der Waals surface area (Å²) in [5.41, 5.74) is 0. The van der Waals surface area contributed by atoms with Gasteiger partial charge in [-0.05, 0) is 44.9 Å². The summed E-state index contributed by atoms with van der Waals surface area (Å²) in [6.07, 6.45) is 4.34. The second kappa shape index (κ2) is 11.1. The molecule has 1 fully saturated rings. The van der Waals surface area contributed by atoms with Crippen molar-refractivity contribution in [2.24, 2.45) is 0 Å².